The van der Waals surface area contributed by atoms with Crippen molar-refractivity contribution in [2.75, 3.05) is 5.32 Å². The van der Waals surface area contributed by atoms with E-state index in [4.69, 9.17) is 23.2 Å². The fourth-order valence-corrected chi connectivity index (χ4v) is 2.07. The number of aromatic nitrogens is 4. The summed E-state index contributed by atoms with van der Waals surface area (Å²) >= 11 is 11.7. The van der Waals surface area contributed by atoms with Gasteiger partial charge in [-0.25, -0.2) is 0 Å². The zero-order valence-electron chi connectivity index (χ0n) is 11.3. The van der Waals surface area contributed by atoms with Crippen LogP contribution in [0.4, 0.5) is 5.69 Å². The lowest BCUT2D eigenvalue weighted by atomic mass is 10.3. The lowest BCUT2D eigenvalue weighted by molar-refractivity contribution is 0.787. The Hall–Kier alpha value is -2.37. The molecule has 0 radical (unpaired) electrons. The van der Waals surface area contributed by atoms with Crippen LogP contribution in [0.1, 0.15) is 5.82 Å². The van der Waals surface area contributed by atoms with E-state index in [0.29, 0.717) is 15.9 Å². The van der Waals surface area contributed by atoms with Crippen molar-refractivity contribution in [1.82, 2.24) is 20.2 Å². The Morgan fingerprint density at radius 3 is 2.23 bits per heavy atom. The van der Waals surface area contributed by atoms with Crippen LogP contribution in [0.15, 0.2) is 54.7 Å². The number of halogens is 2. The first-order chi connectivity index (χ1) is 10.7. The lowest BCUT2D eigenvalue weighted by Gasteiger charge is -2.02. The molecule has 2 aromatic carbocycles. The minimum absolute atomic E-state index is 0.601. The van der Waals surface area contributed by atoms with Gasteiger partial charge in [0.25, 0.3) is 0 Å². The van der Waals surface area contributed by atoms with E-state index in [0.717, 1.165) is 11.4 Å². The van der Waals surface area contributed by atoms with Crippen LogP contribution in [0.3, 0.4) is 0 Å². The summed E-state index contributed by atoms with van der Waals surface area (Å²) in [4.78, 5) is 0. The molecule has 5 nitrogen and oxygen atoms in total. The molecule has 0 aliphatic heterocycles. The number of nitrogens with one attached hydrogen (secondary N) is 1. The molecule has 0 atom stereocenters. The molecule has 0 bridgehead atoms. The standard InChI is InChI=1S/C15H11Cl2N5/c16-11-1-5-13(6-2-11)18-10-9-15-19-20-21-22(15)14-7-3-12(17)4-8-14/h1-10,18H/b10-9+. The predicted octanol–water partition coefficient (Wildman–Crippen LogP) is 4.05. The van der Waals surface area contributed by atoms with Gasteiger partial charge in [-0.2, -0.15) is 4.68 Å². The molecular weight excluding hydrogens is 321 g/mol. The Morgan fingerprint density at radius 2 is 1.55 bits per heavy atom. The molecule has 1 heterocycles. The van der Waals surface area contributed by atoms with Gasteiger partial charge in [-0.3, -0.25) is 0 Å². The van der Waals surface area contributed by atoms with Crippen molar-refractivity contribution in [1.29, 1.82) is 0 Å². The summed E-state index contributed by atoms with van der Waals surface area (Å²) in [6.07, 6.45) is 3.55. The first kappa shape index (κ1) is 14.6. The fourth-order valence-electron chi connectivity index (χ4n) is 1.82. The average molecular weight is 332 g/mol. The summed E-state index contributed by atoms with van der Waals surface area (Å²) in [7, 11) is 0. The Balaban J connectivity index is 1.76. The molecule has 7 heteroatoms. The van der Waals surface area contributed by atoms with Gasteiger partial charge < -0.3 is 5.32 Å². The maximum Gasteiger partial charge on any atom is 0.181 e. The van der Waals surface area contributed by atoms with Crippen molar-refractivity contribution in [2.45, 2.75) is 0 Å². The second-order valence-electron chi connectivity index (χ2n) is 4.41. The molecule has 0 aliphatic carbocycles. The van der Waals surface area contributed by atoms with E-state index in [-0.39, 0.29) is 0 Å². The topological polar surface area (TPSA) is 55.6 Å². The molecule has 110 valence electrons. The fraction of sp³-hybridized carbons (Fsp3) is 0. The van der Waals surface area contributed by atoms with Gasteiger partial charge in [0.05, 0.1) is 5.69 Å². The zero-order chi connectivity index (χ0) is 15.4. The normalized spacial score (nSPS) is 11.0. The minimum atomic E-state index is 0.601. The summed E-state index contributed by atoms with van der Waals surface area (Å²) in [5, 5.41) is 16.1. The number of hydrogen-bond donors (Lipinski definition) is 1. The van der Waals surface area contributed by atoms with E-state index in [9.17, 15) is 0 Å². The number of tetrazole rings is 1. The van der Waals surface area contributed by atoms with Gasteiger partial charge >= 0.3 is 0 Å². The second kappa shape index (κ2) is 6.60. The average Bonchev–Trinajstić information content (AvgIpc) is 2.98. The molecule has 3 rings (SSSR count). The zero-order valence-corrected chi connectivity index (χ0v) is 12.8. The van der Waals surface area contributed by atoms with Gasteiger partial charge in [0.15, 0.2) is 5.82 Å². The summed E-state index contributed by atoms with van der Waals surface area (Å²) in [5.74, 6) is 0.601. The van der Waals surface area contributed by atoms with Crippen LogP contribution in [0, 0.1) is 0 Å². The maximum absolute atomic E-state index is 5.88. The highest BCUT2D eigenvalue weighted by Crippen LogP contribution is 2.15. The molecule has 1 N–H and O–H groups in total. The van der Waals surface area contributed by atoms with Crippen molar-refractivity contribution in [3.05, 3.63) is 70.6 Å². The molecule has 0 spiro atoms. The van der Waals surface area contributed by atoms with Crippen LogP contribution in [0.25, 0.3) is 11.8 Å². The number of anilines is 1. The van der Waals surface area contributed by atoms with Crippen LogP contribution in [0.2, 0.25) is 10.0 Å². The molecule has 0 aliphatic rings. The summed E-state index contributed by atoms with van der Waals surface area (Å²) in [6.45, 7) is 0. The highest BCUT2D eigenvalue weighted by molar-refractivity contribution is 6.30. The van der Waals surface area contributed by atoms with Crippen molar-refractivity contribution < 1.29 is 0 Å². The molecule has 22 heavy (non-hydrogen) atoms. The number of benzene rings is 2. The number of rotatable bonds is 4. The van der Waals surface area contributed by atoms with Gasteiger partial charge in [-0.05, 0) is 59.0 Å². The molecule has 0 amide bonds. The minimum Gasteiger partial charge on any atom is -0.362 e. The van der Waals surface area contributed by atoms with Crippen LogP contribution < -0.4 is 5.32 Å². The Labute approximate surface area is 137 Å². The molecule has 0 unspecified atom stereocenters. The number of hydrogen-bond acceptors (Lipinski definition) is 4. The SMILES string of the molecule is Clc1ccc(N/C=C/c2nnnn2-c2ccc(Cl)cc2)cc1. The second-order valence-corrected chi connectivity index (χ2v) is 5.28. The van der Waals surface area contributed by atoms with Crippen molar-refractivity contribution >= 4 is 35.0 Å². The van der Waals surface area contributed by atoms with E-state index in [1.165, 1.54) is 0 Å². The lowest BCUT2D eigenvalue weighted by Crippen LogP contribution is -1.99. The predicted molar refractivity (Wildman–Crippen MR) is 88.3 cm³/mol. The first-order valence-corrected chi connectivity index (χ1v) is 7.21. The van der Waals surface area contributed by atoms with Gasteiger partial charge in [-0.1, -0.05) is 23.2 Å². The highest BCUT2D eigenvalue weighted by atomic mass is 35.5. The van der Waals surface area contributed by atoms with Crippen molar-refractivity contribution in [2.24, 2.45) is 0 Å². The quantitative estimate of drug-likeness (QED) is 0.783. The Bertz CT molecular complexity index is 778. The van der Waals surface area contributed by atoms with E-state index in [2.05, 4.69) is 20.8 Å². The van der Waals surface area contributed by atoms with E-state index in [1.807, 2.05) is 36.4 Å². The third kappa shape index (κ3) is 3.44. The molecule has 3 aromatic rings. The maximum atomic E-state index is 5.88. The third-order valence-corrected chi connectivity index (χ3v) is 3.40. The molecule has 0 saturated carbocycles. The summed E-state index contributed by atoms with van der Waals surface area (Å²) in [6, 6.07) is 14.7. The van der Waals surface area contributed by atoms with Gasteiger partial charge in [0, 0.05) is 28.0 Å². The van der Waals surface area contributed by atoms with Crippen LogP contribution >= 0.6 is 23.2 Å². The van der Waals surface area contributed by atoms with Gasteiger partial charge in [0.1, 0.15) is 0 Å². The van der Waals surface area contributed by atoms with Gasteiger partial charge in [-0.15, -0.1) is 5.10 Å². The van der Waals surface area contributed by atoms with E-state index in [1.54, 1.807) is 29.1 Å². The summed E-state index contributed by atoms with van der Waals surface area (Å²) < 4.78 is 1.62. The molecule has 1 aromatic heterocycles. The summed E-state index contributed by atoms with van der Waals surface area (Å²) in [5.41, 5.74) is 1.76. The van der Waals surface area contributed by atoms with Gasteiger partial charge in [0.2, 0.25) is 0 Å². The largest absolute Gasteiger partial charge is 0.362 e. The Kier molecular flexibility index (Phi) is 4.37. The molecule has 0 saturated heterocycles. The van der Waals surface area contributed by atoms with Crippen molar-refractivity contribution in [3.63, 3.8) is 0 Å². The third-order valence-electron chi connectivity index (χ3n) is 2.89. The van der Waals surface area contributed by atoms with Crippen molar-refractivity contribution in [3.8, 4) is 5.69 Å². The Morgan fingerprint density at radius 1 is 0.909 bits per heavy atom. The smallest absolute Gasteiger partial charge is 0.181 e. The van der Waals surface area contributed by atoms with E-state index >= 15 is 0 Å². The first-order valence-electron chi connectivity index (χ1n) is 6.45. The van der Waals surface area contributed by atoms with Crippen LogP contribution in [-0.4, -0.2) is 20.2 Å². The molecule has 0 fully saturated rings. The van der Waals surface area contributed by atoms with E-state index < -0.39 is 0 Å². The highest BCUT2D eigenvalue weighted by Gasteiger charge is 2.04. The van der Waals surface area contributed by atoms with Crippen LogP contribution in [0.5, 0.6) is 0 Å². The van der Waals surface area contributed by atoms with Crippen LogP contribution in [-0.2, 0) is 0 Å². The monoisotopic (exact) mass is 331 g/mol. The molecular formula is C15H11Cl2N5. The number of nitrogens with zero attached hydrogens (tertiary/aromatic N) is 4.